The second-order valence-electron chi connectivity index (χ2n) is 4.25. The van der Waals surface area contributed by atoms with Crippen LogP contribution < -0.4 is 0 Å². The molecule has 2 N–H and O–H groups in total. The van der Waals surface area contributed by atoms with Crippen molar-refractivity contribution in [2.24, 2.45) is 0 Å². The third-order valence-corrected chi connectivity index (χ3v) is 4.67. The van der Waals surface area contributed by atoms with Gasteiger partial charge in [-0.15, -0.1) is 11.6 Å². The Morgan fingerprint density at radius 1 is 1.10 bits per heavy atom. The van der Waals surface area contributed by atoms with E-state index in [-0.39, 0.29) is 5.88 Å². The van der Waals surface area contributed by atoms with Crippen molar-refractivity contribution < 1.29 is 15.0 Å². The summed E-state index contributed by atoms with van der Waals surface area (Å²) in [6, 6.07) is 0. The van der Waals surface area contributed by atoms with Crippen LogP contribution in [-0.2, 0) is 4.79 Å². The molecule has 0 amide bonds. The summed E-state index contributed by atoms with van der Waals surface area (Å²) >= 11 is 17.1. The number of hydrogen-bond acceptors (Lipinski definition) is 3. The van der Waals surface area contributed by atoms with Crippen LogP contribution in [0.15, 0.2) is 0 Å². The highest BCUT2D eigenvalue weighted by Crippen LogP contribution is 2.21. The molecule has 0 aliphatic heterocycles. The van der Waals surface area contributed by atoms with E-state index in [1.165, 1.54) is 44.3 Å². The highest BCUT2D eigenvalue weighted by atomic mass is 35.5. The first-order valence-electron chi connectivity index (χ1n) is 6.78. The minimum absolute atomic E-state index is 0.314. The predicted octanol–water partition coefficient (Wildman–Crippen LogP) is 4.56. The van der Waals surface area contributed by atoms with E-state index in [0.717, 1.165) is 5.75 Å². The van der Waals surface area contributed by atoms with Crippen LogP contribution in [0.1, 0.15) is 45.4 Å². The van der Waals surface area contributed by atoms with Gasteiger partial charge in [0, 0.05) is 5.75 Å². The van der Waals surface area contributed by atoms with Gasteiger partial charge in [0.1, 0.15) is 0 Å². The summed E-state index contributed by atoms with van der Waals surface area (Å²) in [4.78, 5) is 9.90. The van der Waals surface area contributed by atoms with Gasteiger partial charge in [0.2, 0.25) is 4.33 Å². The van der Waals surface area contributed by atoms with Crippen molar-refractivity contribution in [3.05, 3.63) is 0 Å². The number of alkyl halides is 3. The van der Waals surface area contributed by atoms with Crippen LogP contribution in [0.3, 0.4) is 0 Å². The zero-order valence-electron chi connectivity index (χ0n) is 11.9. The Morgan fingerprint density at radius 3 is 2.05 bits per heavy atom. The molecular formula is C13H25Cl3O3S. The van der Waals surface area contributed by atoms with Crippen LogP contribution in [0.5, 0.6) is 0 Å². The van der Waals surface area contributed by atoms with Crippen molar-refractivity contribution in [1.29, 1.82) is 0 Å². The lowest BCUT2D eigenvalue weighted by Gasteiger charge is -2.07. The largest absolute Gasteiger partial charge is 0.479 e. The molecule has 0 aromatic rings. The SMILES string of the molecule is CCCCCCCCSCCO.O=C(O)C(Cl)(Cl)CCl. The third-order valence-electron chi connectivity index (χ3n) is 2.36. The summed E-state index contributed by atoms with van der Waals surface area (Å²) in [5, 5.41) is 16.6. The van der Waals surface area contributed by atoms with Crippen LogP contribution in [0, 0.1) is 0 Å². The van der Waals surface area contributed by atoms with Gasteiger partial charge >= 0.3 is 5.97 Å². The standard InChI is InChI=1S/C10H22OS.C3H3Cl3O2/c1-2-3-4-5-6-7-9-12-10-8-11;4-1-3(5,6)2(7)8/h11H,2-10H2,1H3;1H2,(H,7,8). The van der Waals surface area contributed by atoms with Gasteiger partial charge in [0.25, 0.3) is 0 Å². The normalized spacial score (nSPS) is 10.8. The Morgan fingerprint density at radius 2 is 1.65 bits per heavy atom. The molecule has 0 saturated carbocycles. The maximum Gasteiger partial charge on any atom is 0.341 e. The average molecular weight is 368 g/mol. The molecule has 0 heterocycles. The number of carboxylic acids is 1. The molecule has 0 saturated heterocycles. The Balaban J connectivity index is 0. The van der Waals surface area contributed by atoms with Crippen molar-refractivity contribution in [1.82, 2.24) is 0 Å². The van der Waals surface area contributed by atoms with Crippen molar-refractivity contribution in [2.45, 2.75) is 49.8 Å². The molecule has 0 radical (unpaired) electrons. The quantitative estimate of drug-likeness (QED) is 0.415. The van der Waals surface area contributed by atoms with Crippen LogP contribution >= 0.6 is 46.6 Å². The minimum Gasteiger partial charge on any atom is -0.479 e. The highest BCUT2D eigenvalue weighted by molar-refractivity contribution is 7.99. The molecule has 0 aromatic heterocycles. The molecule has 0 bridgehead atoms. The first-order chi connectivity index (χ1) is 9.42. The maximum atomic E-state index is 9.90. The van der Waals surface area contributed by atoms with Crippen molar-refractivity contribution >= 4 is 52.5 Å². The van der Waals surface area contributed by atoms with Gasteiger partial charge < -0.3 is 10.2 Å². The Hall–Kier alpha value is 0.650. The highest BCUT2D eigenvalue weighted by Gasteiger charge is 2.31. The van der Waals surface area contributed by atoms with E-state index in [2.05, 4.69) is 6.92 Å². The van der Waals surface area contributed by atoms with E-state index in [4.69, 9.17) is 45.0 Å². The Kier molecular flexibility index (Phi) is 18.4. The van der Waals surface area contributed by atoms with Gasteiger partial charge in [-0.2, -0.15) is 11.8 Å². The van der Waals surface area contributed by atoms with Gasteiger partial charge in [0.15, 0.2) is 0 Å². The molecule has 122 valence electrons. The molecule has 3 nitrogen and oxygen atoms in total. The second-order valence-corrected chi connectivity index (χ2v) is 7.22. The second kappa shape index (κ2) is 16.0. The zero-order valence-corrected chi connectivity index (χ0v) is 15.0. The van der Waals surface area contributed by atoms with E-state index in [9.17, 15) is 4.79 Å². The van der Waals surface area contributed by atoms with Gasteiger partial charge in [0.05, 0.1) is 12.5 Å². The molecule has 0 atom stereocenters. The van der Waals surface area contributed by atoms with E-state index in [1.54, 1.807) is 0 Å². The van der Waals surface area contributed by atoms with Gasteiger partial charge in [-0.05, 0) is 12.2 Å². The summed E-state index contributed by atoms with van der Waals surface area (Å²) in [6.45, 7) is 2.58. The van der Waals surface area contributed by atoms with Crippen LogP contribution in [-0.4, -0.2) is 44.5 Å². The topological polar surface area (TPSA) is 57.5 Å². The third kappa shape index (κ3) is 16.7. The monoisotopic (exact) mass is 366 g/mol. The molecular weight excluding hydrogens is 343 g/mol. The fraction of sp³-hybridized carbons (Fsp3) is 0.923. The number of carboxylic acid groups (broad SMARTS) is 1. The van der Waals surface area contributed by atoms with Crippen LogP contribution in [0.4, 0.5) is 0 Å². The lowest BCUT2D eigenvalue weighted by atomic mass is 10.1. The maximum absolute atomic E-state index is 9.90. The van der Waals surface area contributed by atoms with E-state index in [1.807, 2.05) is 11.8 Å². The number of aliphatic carboxylic acids is 1. The predicted molar refractivity (Wildman–Crippen MR) is 90.6 cm³/mol. The summed E-state index contributed by atoms with van der Waals surface area (Å²) in [6.07, 6.45) is 8.23. The van der Waals surface area contributed by atoms with Gasteiger partial charge in [-0.3, -0.25) is 0 Å². The van der Waals surface area contributed by atoms with Gasteiger partial charge in [-0.25, -0.2) is 4.79 Å². The van der Waals surface area contributed by atoms with Gasteiger partial charge in [-0.1, -0.05) is 62.2 Å². The van der Waals surface area contributed by atoms with E-state index >= 15 is 0 Å². The Bertz CT molecular complexity index is 219. The molecule has 0 unspecified atom stereocenters. The summed E-state index contributed by atoms with van der Waals surface area (Å²) in [5.41, 5.74) is 0. The lowest BCUT2D eigenvalue weighted by molar-refractivity contribution is -0.137. The Labute approximate surface area is 141 Å². The molecule has 0 fully saturated rings. The minimum atomic E-state index is -1.83. The number of thioether (sulfide) groups is 1. The first-order valence-corrected chi connectivity index (χ1v) is 9.22. The summed E-state index contributed by atoms with van der Waals surface area (Å²) < 4.78 is -1.83. The lowest BCUT2D eigenvalue weighted by Crippen LogP contribution is -2.26. The van der Waals surface area contributed by atoms with Crippen molar-refractivity contribution in [3.8, 4) is 0 Å². The number of carbonyl (C=O) groups is 1. The first kappa shape index (κ1) is 22.9. The molecule has 0 aromatic carbocycles. The van der Waals surface area contributed by atoms with E-state index < -0.39 is 10.3 Å². The molecule has 20 heavy (non-hydrogen) atoms. The molecule has 7 heteroatoms. The fourth-order valence-corrected chi connectivity index (χ4v) is 2.06. The number of hydrogen-bond donors (Lipinski definition) is 2. The summed E-state index contributed by atoms with van der Waals surface area (Å²) in [5.74, 6) is 0.503. The average Bonchev–Trinajstić information content (AvgIpc) is 2.42. The van der Waals surface area contributed by atoms with E-state index in [0.29, 0.717) is 6.61 Å². The molecule has 0 spiro atoms. The fourth-order valence-electron chi connectivity index (χ4n) is 1.21. The summed E-state index contributed by atoms with van der Waals surface area (Å²) in [7, 11) is 0. The van der Waals surface area contributed by atoms with Crippen LogP contribution in [0.2, 0.25) is 0 Å². The number of halogens is 3. The molecule has 0 aliphatic rings. The molecule has 0 aliphatic carbocycles. The number of unbranched alkanes of at least 4 members (excludes halogenated alkanes) is 5. The van der Waals surface area contributed by atoms with Crippen molar-refractivity contribution in [2.75, 3.05) is 24.0 Å². The zero-order chi connectivity index (χ0) is 15.9. The van der Waals surface area contributed by atoms with Crippen molar-refractivity contribution in [3.63, 3.8) is 0 Å². The van der Waals surface area contributed by atoms with Crippen LogP contribution in [0.25, 0.3) is 0 Å². The molecule has 0 rings (SSSR count). The smallest absolute Gasteiger partial charge is 0.341 e. The number of aliphatic hydroxyl groups excluding tert-OH is 1. The number of rotatable bonds is 11. The number of aliphatic hydroxyl groups is 1.